The molecule has 0 atom stereocenters. The summed E-state index contributed by atoms with van der Waals surface area (Å²) in [6.07, 6.45) is 3.67. The van der Waals surface area contributed by atoms with E-state index >= 15 is 0 Å². The Balaban J connectivity index is 1.72. The molecule has 1 aromatic carbocycles. The molecule has 0 bridgehead atoms. The van der Waals surface area contributed by atoms with Gasteiger partial charge in [0.2, 0.25) is 6.79 Å². The average Bonchev–Trinajstić information content (AvgIpc) is 3.07. The molecule has 2 heterocycles. The van der Waals surface area contributed by atoms with Crippen molar-refractivity contribution in [3.63, 3.8) is 0 Å². The fourth-order valence-corrected chi connectivity index (χ4v) is 2.46. The Hall–Kier alpha value is -2.76. The number of rotatable bonds is 6. The highest BCUT2D eigenvalue weighted by Gasteiger charge is 2.15. The monoisotopic (exact) mass is 327 g/mol. The van der Waals surface area contributed by atoms with Crippen LogP contribution >= 0.6 is 0 Å². The quantitative estimate of drug-likeness (QED) is 0.880. The van der Waals surface area contributed by atoms with Gasteiger partial charge in [-0.05, 0) is 30.7 Å². The number of carbonyl (C=O) groups excluding carboxylic acids is 1. The van der Waals surface area contributed by atoms with Crippen molar-refractivity contribution >= 4 is 17.3 Å². The number of carbonyl (C=O) groups is 1. The molecule has 0 unspecified atom stereocenters. The number of hydrogen-bond acceptors (Lipinski definition) is 5. The number of ether oxygens (including phenoxy) is 2. The second-order valence-corrected chi connectivity index (χ2v) is 5.70. The van der Waals surface area contributed by atoms with Gasteiger partial charge in [-0.1, -0.05) is 13.3 Å². The Morgan fingerprint density at radius 2 is 2.00 bits per heavy atom. The molecule has 6 heteroatoms. The molecule has 6 nitrogen and oxygen atoms in total. The Morgan fingerprint density at radius 3 is 2.83 bits per heavy atom. The van der Waals surface area contributed by atoms with Crippen LogP contribution in [0.1, 0.15) is 30.3 Å². The lowest BCUT2D eigenvalue weighted by Crippen LogP contribution is -2.28. The molecule has 3 rings (SSSR count). The van der Waals surface area contributed by atoms with Gasteiger partial charge in [-0.3, -0.25) is 9.78 Å². The van der Waals surface area contributed by atoms with Crippen molar-refractivity contribution in [3.05, 3.63) is 42.2 Å². The van der Waals surface area contributed by atoms with Crippen LogP contribution in [-0.2, 0) is 0 Å². The standard InChI is InChI=1S/C18H21N3O3/c1-3-4-9-21(2)18(22)15-10-14(7-8-19-15)20-13-5-6-16-17(11-13)24-12-23-16/h5-8,10-11H,3-4,9,12H2,1-2H3,(H,19,20). The Kier molecular flexibility index (Phi) is 4.84. The Bertz CT molecular complexity index is 733. The molecule has 1 aromatic heterocycles. The second-order valence-electron chi connectivity index (χ2n) is 5.70. The van der Waals surface area contributed by atoms with Crippen molar-refractivity contribution in [1.82, 2.24) is 9.88 Å². The molecule has 0 fully saturated rings. The summed E-state index contributed by atoms with van der Waals surface area (Å²) in [5.74, 6) is 1.38. The average molecular weight is 327 g/mol. The molecule has 0 spiro atoms. The van der Waals surface area contributed by atoms with Crippen molar-refractivity contribution in [2.24, 2.45) is 0 Å². The van der Waals surface area contributed by atoms with Crippen molar-refractivity contribution < 1.29 is 14.3 Å². The molecule has 1 aliphatic heterocycles. The van der Waals surface area contributed by atoms with Crippen molar-refractivity contribution in [2.75, 3.05) is 25.7 Å². The number of benzene rings is 1. The number of aromatic nitrogens is 1. The van der Waals surface area contributed by atoms with Crippen LogP contribution in [0.2, 0.25) is 0 Å². The Labute approximate surface area is 141 Å². The van der Waals surface area contributed by atoms with Gasteiger partial charge in [0.25, 0.3) is 5.91 Å². The van der Waals surface area contributed by atoms with Gasteiger partial charge < -0.3 is 19.7 Å². The van der Waals surface area contributed by atoms with Crippen molar-refractivity contribution in [3.8, 4) is 11.5 Å². The largest absolute Gasteiger partial charge is 0.454 e. The summed E-state index contributed by atoms with van der Waals surface area (Å²) in [7, 11) is 1.80. The highest BCUT2D eigenvalue weighted by Crippen LogP contribution is 2.35. The van der Waals surface area contributed by atoms with Crippen LogP contribution in [0, 0.1) is 0 Å². The number of pyridine rings is 1. The minimum Gasteiger partial charge on any atom is -0.454 e. The van der Waals surface area contributed by atoms with Crippen LogP contribution < -0.4 is 14.8 Å². The number of hydrogen-bond donors (Lipinski definition) is 1. The zero-order chi connectivity index (χ0) is 16.9. The van der Waals surface area contributed by atoms with E-state index in [1.165, 1.54) is 0 Å². The summed E-state index contributed by atoms with van der Waals surface area (Å²) < 4.78 is 10.7. The van der Waals surface area contributed by atoms with Crippen LogP contribution in [0.4, 0.5) is 11.4 Å². The minimum absolute atomic E-state index is 0.0715. The number of fused-ring (bicyclic) bond motifs is 1. The van der Waals surface area contributed by atoms with Crippen molar-refractivity contribution in [1.29, 1.82) is 0 Å². The van der Waals surface area contributed by atoms with E-state index in [1.807, 2.05) is 24.3 Å². The summed E-state index contributed by atoms with van der Waals surface area (Å²) in [5, 5.41) is 3.26. The predicted octanol–water partition coefficient (Wildman–Crippen LogP) is 3.43. The summed E-state index contributed by atoms with van der Waals surface area (Å²) in [4.78, 5) is 18.3. The third-order valence-electron chi connectivity index (χ3n) is 3.83. The fourth-order valence-electron chi connectivity index (χ4n) is 2.46. The maximum Gasteiger partial charge on any atom is 0.272 e. The molecule has 0 saturated carbocycles. The molecule has 1 amide bonds. The highest BCUT2D eigenvalue weighted by atomic mass is 16.7. The third kappa shape index (κ3) is 3.59. The van der Waals surface area contributed by atoms with Gasteiger partial charge in [-0.2, -0.15) is 0 Å². The summed E-state index contributed by atoms with van der Waals surface area (Å²) in [5.41, 5.74) is 2.10. The van der Waals surface area contributed by atoms with Crippen LogP contribution in [0.5, 0.6) is 11.5 Å². The molecular weight excluding hydrogens is 306 g/mol. The minimum atomic E-state index is -0.0715. The molecule has 0 radical (unpaired) electrons. The van der Waals surface area contributed by atoms with Crippen LogP contribution in [0.15, 0.2) is 36.5 Å². The fraction of sp³-hybridized carbons (Fsp3) is 0.333. The van der Waals surface area contributed by atoms with E-state index in [9.17, 15) is 4.79 Å². The SMILES string of the molecule is CCCCN(C)C(=O)c1cc(Nc2ccc3c(c2)OCO3)ccn1. The molecule has 0 aliphatic carbocycles. The lowest BCUT2D eigenvalue weighted by atomic mass is 10.2. The van der Waals surface area contributed by atoms with Gasteiger partial charge >= 0.3 is 0 Å². The van der Waals surface area contributed by atoms with Crippen molar-refractivity contribution in [2.45, 2.75) is 19.8 Å². The van der Waals surface area contributed by atoms with Gasteiger partial charge in [-0.25, -0.2) is 0 Å². The van der Waals surface area contributed by atoms with Gasteiger partial charge in [0.15, 0.2) is 11.5 Å². The number of anilines is 2. The van der Waals surface area contributed by atoms with E-state index in [1.54, 1.807) is 24.2 Å². The molecule has 2 aromatic rings. The number of unbranched alkanes of at least 4 members (excludes halogenated alkanes) is 1. The number of nitrogens with zero attached hydrogens (tertiary/aromatic N) is 2. The lowest BCUT2D eigenvalue weighted by molar-refractivity contribution is 0.0787. The maximum absolute atomic E-state index is 12.4. The Morgan fingerprint density at radius 1 is 1.21 bits per heavy atom. The first-order valence-corrected chi connectivity index (χ1v) is 8.05. The van der Waals surface area contributed by atoms with E-state index < -0.39 is 0 Å². The molecule has 1 N–H and O–H groups in total. The van der Waals surface area contributed by atoms with Crippen LogP contribution in [-0.4, -0.2) is 36.2 Å². The van der Waals surface area contributed by atoms with Gasteiger partial charge in [0.1, 0.15) is 5.69 Å². The smallest absolute Gasteiger partial charge is 0.272 e. The van der Waals surface area contributed by atoms with Crippen LogP contribution in [0.25, 0.3) is 0 Å². The number of amides is 1. The normalized spacial score (nSPS) is 12.1. The first kappa shape index (κ1) is 16.1. The third-order valence-corrected chi connectivity index (χ3v) is 3.83. The van der Waals surface area contributed by atoms with Gasteiger partial charge in [-0.15, -0.1) is 0 Å². The summed E-state index contributed by atoms with van der Waals surface area (Å²) in [6, 6.07) is 9.22. The molecule has 0 saturated heterocycles. The topological polar surface area (TPSA) is 63.7 Å². The molecular formula is C18H21N3O3. The highest BCUT2D eigenvalue weighted by molar-refractivity contribution is 5.93. The second kappa shape index (κ2) is 7.21. The lowest BCUT2D eigenvalue weighted by Gasteiger charge is -2.16. The van der Waals surface area contributed by atoms with Crippen LogP contribution in [0.3, 0.4) is 0 Å². The molecule has 1 aliphatic rings. The maximum atomic E-state index is 12.4. The first-order valence-electron chi connectivity index (χ1n) is 8.05. The van der Waals surface area contributed by atoms with E-state index in [0.29, 0.717) is 11.4 Å². The zero-order valence-electron chi connectivity index (χ0n) is 13.9. The van der Waals surface area contributed by atoms with Gasteiger partial charge in [0, 0.05) is 37.2 Å². The van der Waals surface area contributed by atoms with E-state index in [-0.39, 0.29) is 12.7 Å². The molecule has 24 heavy (non-hydrogen) atoms. The first-order chi connectivity index (χ1) is 11.7. The zero-order valence-corrected chi connectivity index (χ0v) is 13.9. The summed E-state index contributed by atoms with van der Waals surface area (Å²) >= 11 is 0. The molecule has 126 valence electrons. The number of nitrogens with one attached hydrogen (secondary N) is 1. The predicted molar refractivity (Wildman–Crippen MR) is 92.0 cm³/mol. The summed E-state index contributed by atoms with van der Waals surface area (Å²) in [6.45, 7) is 3.08. The van der Waals surface area contributed by atoms with E-state index in [2.05, 4.69) is 17.2 Å². The van der Waals surface area contributed by atoms with Gasteiger partial charge in [0.05, 0.1) is 0 Å². The van der Waals surface area contributed by atoms with E-state index in [0.717, 1.165) is 36.5 Å². The van der Waals surface area contributed by atoms with E-state index in [4.69, 9.17) is 9.47 Å².